The fourth-order valence-corrected chi connectivity index (χ4v) is 2.25. The highest BCUT2D eigenvalue weighted by molar-refractivity contribution is 9.10. The van der Waals surface area contributed by atoms with Crippen LogP contribution in [0.5, 0.6) is 0 Å². The Balaban J connectivity index is 1.99. The largest absolute Gasteiger partial charge is 0.379 e. The number of nitrogens with one attached hydrogen (secondary N) is 1. The van der Waals surface area contributed by atoms with Gasteiger partial charge in [0.25, 0.3) is 0 Å². The van der Waals surface area contributed by atoms with E-state index in [-0.39, 0.29) is 0 Å². The molecule has 0 aliphatic carbocycles. The van der Waals surface area contributed by atoms with E-state index in [9.17, 15) is 0 Å². The summed E-state index contributed by atoms with van der Waals surface area (Å²) in [7, 11) is 0. The van der Waals surface area contributed by atoms with Gasteiger partial charge in [-0.25, -0.2) is 0 Å². The Morgan fingerprint density at radius 2 is 2.20 bits per heavy atom. The second-order valence-corrected chi connectivity index (χ2v) is 4.52. The lowest BCUT2D eigenvalue weighted by Crippen LogP contribution is -2.35. The van der Waals surface area contributed by atoms with E-state index in [4.69, 9.17) is 10.5 Å². The normalized spacial score (nSPS) is 18.3. The van der Waals surface area contributed by atoms with E-state index in [1.165, 1.54) is 5.56 Å². The SMILES string of the molecule is NCc1cc(CN2CCOCC2)c(Br)[nH]1. The van der Waals surface area contributed by atoms with E-state index >= 15 is 0 Å². The van der Waals surface area contributed by atoms with Crippen LogP contribution in [0.25, 0.3) is 0 Å². The minimum atomic E-state index is 0.557. The topological polar surface area (TPSA) is 54.3 Å². The predicted molar refractivity (Wildman–Crippen MR) is 62.5 cm³/mol. The molecule has 0 amide bonds. The predicted octanol–water partition coefficient (Wildman–Crippen LogP) is 1.07. The molecule has 0 bridgehead atoms. The quantitative estimate of drug-likeness (QED) is 0.866. The van der Waals surface area contributed by atoms with Gasteiger partial charge in [-0.2, -0.15) is 0 Å². The Morgan fingerprint density at radius 1 is 1.47 bits per heavy atom. The Hall–Kier alpha value is -0.360. The molecule has 4 nitrogen and oxygen atoms in total. The van der Waals surface area contributed by atoms with Crippen molar-refractivity contribution < 1.29 is 4.74 Å². The summed E-state index contributed by atoms with van der Waals surface area (Å²) in [6.07, 6.45) is 0. The number of morpholine rings is 1. The highest BCUT2D eigenvalue weighted by Gasteiger charge is 2.13. The molecule has 84 valence electrons. The Labute approximate surface area is 97.9 Å². The highest BCUT2D eigenvalue weighted by atomic mass is 79.9. The first-order valence-electron chi connectivity index (χ1n) is 5.16. The van der Waals surface area contributed by atoms with Crippen LogP contribution in [0.1, 0.15) is 11.3 Å². The molecule has 0 atom stereocenters. The van der Waals surface area contributed by atoms with Crippen LogP contribution < -0.4 is 5.73 Å². The summed E-state index contributed by atoms with van der Waals surface area (Å²) in [5.41, 5.74) is 7.93. The zero-order valence-corrected chi connectivity index (χ0v) is 10.2. The number of halogens is 1. The van der Waals surface area contributed by atoms with Crippen molar-refractivity contribution in [2.45, 2.75) is 13.1 Å². The number of aromatic nitrogens is 1. The summed E-state index contributed by atoms with van der Waals surface area (Å²) in [5.74, 6) is 0. The number of H-pyrrole nitrogens is 1. The summed E-state index contributed by atoms with van der Waals surface area (Å²) in [4.78, 5) is 5.60. The number of nitrogens with two attached hydrogens (primary N) is 1. The smallest absolute Gasteiger partial charge is 0.0868 e. The molecule has 1 aromatic heterocycles. The molecule has 1 aromatic rings. The van der Waals surface area contributed by atoms with Crippen LogP contribution in [-0.2, 0) is 17.8 Å². The van der Waals surface area contributed by atoms with Gasteiger partial charge in [0.1, 0.15) is 0 Å². The summed E-state index contributed by atoms with van der Waals surface area (Å²) in [6.45, 7) is 5.21. The number of nitrogens with zero attached hydrogens (tertiary/aromatic N) is 1. The zero-order valence-electron chi connectivity index (χ0n) is 8.63. The van der Waals surface area contributed by atoms with E-state index in [0.29, 0.717) is 6.54 Å². The maximum absolute atomic E-state index is 5.58. The van der Waals surface area contributed by atoms with Gasteiger partial charge in [-0.1, -0.05) is 0 Å². The molecule has 1 aliphatic rings. The van der Waals surface area contributed by atoms with Crippen molar-refractivity contribution in [2.24, 2.45) is 5.73 Å². The monoisotopic (exact) mass is 273 g/mol. The van der Waals surface area contributed by atoms with Crippen LogP contribution in [0.4, 0.5) is 0 Å². The summed E-state index contributed by atoms with van der Waals surface area (Å²) in [5, 5.41) is 0. The van der Waals surface area contributed by atoms with E-state index in [1.54, 1.807) is 0 Å². The second-order valence-electron chi connectivity index (χ2n) is 3.73. The fraction of sp³-hybridized carbons (Fsp3) is 0.600. The average molecular weight is 274 g/mol. The van der Waals surface area contributed by atoms with Gasteiger partial charge in [-0.05, 0) is 27.6 Å². The molecule has 3 N–H and O–H groups in total. The number of hydrogen-bond donors (Lipinski definition) is 2. The zero-order chi connectivity index (χ0) is 10.7. The van der Waals surface area contributed by atoms with Gasteiger partial charge in [0.2, 0.25) is 0 Å². The van der Waals surface area contributed by atoms with Crippen LogP contribution in [0, 0.1) is 0 Å². The van der Waals surface area contributed by atoms with Gasteiger partial charge in [0.05, 0.1) is 17.8 Å². The molecule has 2 rings (SSSR count). The number of ether oxygens (including phenoxy) is 1. The standard InChI is InChI=1S/C10H16BrN3O/c11-10-8(5-9(6-12)13-10)7-14-1-3-15-4-2-14/h5,13H,1-4,6-7,12H2. The first-order chi connectivity index (χ1) is 7.29. The van der Waals surface area contributed by atoms with Crippen LogP contribution in [-0.4, -0.2) is 36.2 Å². The molecule has 0 radical (unpaired) electrons. The molecule has 15 heavy (non-hydrogen) atoms. The maximum Gasteiger partial charge on any atom is 0.0868 e. The third-order valence-electron chi connectivity index (χ3n) is 2.62. The lowest BCUT2D eigenvalue weighted by Gasteiger charge is -2.26. The first-order valence-corrected chi connectivity index (χ1v) is 5.95. The third-order valence-corrected chi connectivity index (χ3v) is 3.33. The van der Waals surface area contributed by atoms with Gasteiger partial charge in [0.15, 0.2) is 0 Å². The summed E-state index contributed by atoms with van der Waals surface area (Å²) >= 11 is 3.52. The van der Waals surface area contributed by atoms with Crippen LogP contribution in [0.15, 0.2) is 10.7 Å². The number of rotatable bonds is 3. The maximum atomic E-state index is 5.58. The van der Waals surface area contributed by atoms with Gasteiger partial charge in [-0.15, -0.1) is 0 Å². The van der Waals surface area contributed by atoms with E-state index in [1.807, 2.05) is 0 Å². The Kier molecular flexibility index (Phi) is 3.80. The second kappa shape index (κ2) is 5.12. The molecular formula is C10H16BrN3O. The number of aromatic amines is 1. The van der Waals surface area contributed by atoms with Crippen LogP contribution >= 0.6 is 15.9 Å². The number of hydrogen-bond acceptors (Lipinski definition) is 3. The summed E-state index contributed by atoms with van der Waals surface area (Å²) in [6, 6.07) is 2.12. The van der Waals surface area contributed by atoms with Crippen LogP contribution in [0.2, 0.25) is 0 Å². The molecule has 0 spiro atoms. The van der Waals surface area contributed by atoms with Crippen molar-refractivity contribution in [3.8, 4) is 0 Å². The highest BCUT2D eigenvalue weighted by Crippen LogP contribution is 2.19. The molecule has 1 fully saturated rings. The molecule has 0 aromatic carbocycles. The lowest BCUT2D eigenvalue weighted by molar-refractivity contribution is 0.0341. The van der Waals surface area contributed by atoms with E-state index in [2.05, 4.69) is 31.9 Å². The molecule has 2 heterocycles. The molecule has 0 saturated carbocycles. The van der Waals surface area contributed by atoms with Gasteiger partial charge >= 0.3 is 0 Å². The van der Waals surface area contributed by atoms with Crippen molar-refractivity contribution in [1.82, 2.24) is 9.88 Å². The first kappa shape index (κ1) is 11.1. The van der Waals surface area contributed by atoms with E-state index < -0.39 is 0 Å². The summed E-state index contributed by atoms with van der Waals surface area (Å²) < 4.78 is 6.36. The fourth-order valence-electron chi connectivity index (χ4n) is 1.76. The third kappa shape index (κ3) is 2.81. The molecular weight excluding hydrogens is 258 g/mol. The Bertz CT molecular complexity index is 320. The molecule has 1 saturated heterocycles. The van der Waals surface area contributed by atoms with Gasteiger partial charge in [0, 0.05) is 31.9 Å². The van der Waals surface area contributed by atoms with Crippen molar-refractivity contribution in [3.63, 3.8) is 0 Å². The van der Waals surface area contributed by atoms with E-state index in [0.717, 1.165) is 43.1 Å². The van der Waals surface area contributed by atoms with Crippen molar-refractivity contribution in [2.75, 3.05) is 26.3 Å². The van der Waals surface area contributed by atoms with Crippen LogP contribution in [0.3, 0.4) is 0 Å². The minimum absolute atomic E-state index is 0.557. The van der Waals surface area contributed by atoms with Gasteiger partial charge in [-0.3, -0.25) is 4.90 Å². The van der Waals surface area contributed by atoms with Crippen molar-refractivity contribution in [3.05, 3.63) is 21.9 Å². The molecule has 5 heteroatoms. The Morgan fingerprint density at radius 3 is 2.80 bits per heavy atom. The average Bonchev–Trinajstić information content (AvgIpc) is 2.61. The lowest BCUT2D eigenvalue weighted by atomic mass is 10.2. The van der Waals surface area contributed by atoms with Crippen molar-refractivity contribution >= 4 is 15.9 Å². The van der Waals surface area contributed by atoms with Crippen molar-refractivity contribution in [1.29, 1.82) is 0 Å². The molecule has 1 aliphatic heterocycles. The minimum Gasteiger partial charge on any atom is -0.379 e. The van der Waals surface area contributed by atoms with Gasteiger partial charge < -0.3 is 15.5 Å². The molecule has 0 unspecified atom stereocenters.